The molecule has 4 rings (SSSR count). The monoisotopic (exact) mass is 311 g/mol. The van der Waals surface area contributed by atoms with Crippen LogP contribution < -0.4 is 0 Å². The zero-order valence-corrected chi connectivity index (χ0v) is 13.1. The number of benzene rings is 1. The molecular weight excluding hydrogens is 294 g/mol. The number of hydrogen-bond acceptors (Lipinski definition) is 5. The normalized spacial score (nSPS) is 18.0. The summed E-state index contributed by atoms with van der Waals surface area (Å²) in [5, 5.41) is 5.10. The minimum atomic E-state index is -0.101. The standard InChI is InChI=1S/C17H17N3O3/c1-10-5-3-7-14-12(10)9-15(22-14)17-18-16(19-23-17)13-6-4-8-20(13)11(2)21/h3,5,7,9,13H,4,6,8H2,1-2H3. The lowest BCUT2D eigenvalue weighted by Crippen LogP contribution is -2.28. The average molecular weight is 311 g/mol. The molecular formula is C17H17N3O3. The van der Waals surface area contributed by atoms with Gasteiger partial charge < -0.3 is 13.8 Å². The minimum Gasteiger partial charge on any atom is -0.451 e. The summed E-state index contributed by atoms with van der Waals surface area (Å²) in [6.45, 7) is 4.35. The number of carbonyl (C=O) groups excluding carboxylic acids is 1. The van der Waals surface area contributed by atoms with Crippen LogP contribution in [0.2, 0.25) is 0 Å². The number of fused-ring (bicyclic) bond motifs is 1. The molecule has 0 aliphatic carbocycles. The van der Waals surface area contributed by atoms with E-state index in [0.717, 1.165) is 35.9 Å². The molecule has 1 aliphatic rings. The topological polar surface area (TPSA) is 72.4 Å². The second-order valence-electron chi connectivity index (χ2n) is 5.93. The van der Waals surface area contributed by atoms with Crippen LogP contribution in [0.1, 0.15) is 37.2 Å². The van der Waals surface area contributed by atoms with Crippen LogP contribution in [0, 0.1) is 6.92 Å². The van der Waals surface area contributed by atoms with E-state index in [1.54, 1.807) is 11.8 Å². The Bertz CT molecular complexity index is 880. The highest BCUT2D eigenvalue weighted by molar-refractivity contribution is 5.84. The summed E-state index contributed by atoms with van der Waals surface area (Å²) in [5.41, 5.74) is 1.93. The van der Waals surface area contributed by atoms with Crippen LogP contribution >= 0.6 is 0 Å². The van der Waals surface area contributed by atoms with Gasteiger partial charge in [0.05, 0.1) is 6.04 Å². The van der Waals surface area contributed by atoms with E-state index in [-0.39, 0.29) is 11.9 Å². The van der Waals surface area contributed by atoms with E-state index in [9.17, 15) is 4.79 Å². The maximum absolute atomic E-state index is 11.7. The molecule has 3 heterocycles. The van der Waals surface area contributed by atoms with Crippen molar-refractivity contribution in [1.29, 1.82) is 0 Å². The first-order valence-electron chi connectivity index (χ1n) is 7.74. The Hall–Kier alpha value is -2.63. The van der Waals surface area contributed by atoms with Gasteiger partial charge >= 0.3 is 0 Å². The van der Waals surface area contributed by atoms with E-state index >= 15 is 0 Å². The first-order chi connectivity index (χ1) is 11.1. The van der Waals surface area contributed by atoms with Gasteiger partial charge in [0.15, 0.2) is 11.6 Å². The largest absolute Gasteiger partial charge is 0.451 e. The number of rotatable bonds is 2. The number of amides is 1. The number of aromatic nitrogens is 2. The summed E-state index contributed by atoms with van der Waals surface area (Å²) in [6, 6.07) is 7.71. The van der Waals surface area contributed by atoms with Crippen LogP contribution in [0.25, 0.3) is 22.6 Å². The molecule has 1 amide bonds. The van der Waals surface area contributed by atoms with E-state index in [2.05, 4.69) is 10.1 Å². The third-order valence-electron chi connectivity index (χ3n) is 4.39. The number of aryl methyl sites for hydroxylation is 1. The second-order valence-corrected chi connectivity index (χ2v) is 5.93. The smallest absolute Gasteiger partial charge is 0.293 e. The zero-order chi connectivity index (χ0) is 16.0. The van der Waals surface area contributed by atoms with Crippen LogP contribution in [0.15, 0.2) is 33.2 Å². The molecule has 0 radical (unpaired) electrons. The van der Waals surface area contributed by atoms with Crippen molar-refractivity contribution in [2.24, 2.45) is 0 Å². The van der Waals surface area contributed by atoms with Gasteiger partial charge in [0.2, 0.25) is 5.91 Å². The highest BCUT2D eigenvalue weighted by Crippen LogP contribution is 2.33. The van der Waals surface area contributed by atoms with Gasteiger partial charge in [-0.3, -0.25) is 4.79 Å². The molecule has 0 bridgehead atoms. The molecule has 0 N–H and O–H groups in total. The van der Waals surface area contributed by atoms with Crippen LogP contribution in [0.3, 0.4) is 0 Å². The van der Waals surface area contributed by atoms with E-state index < -0.39 is 0 Å². The second kappa shape index (κ2) is 5.22. The Morgan fingerprint density at radius 3 is 3.04 bits per heavy atom. The van der Waals surface area contributed by atoms with Gasteiger partial charge in [-0.1, -0.05) is 17.3 Å². The van der Waals surface area contributed by atoms with Crippen molar-refractivity contribution in [1.82, 2.24) is 15.0 Å². The maximum Gasteiger partial charge on any atom is 0.293 e. The maximum atomic E-state index is 11.7. The molecule has 6 nitrogen and oxygen atoms in total. The summed E-state index contributed by atoms with van der Waals surface area (Å²) < 4.78 is 11.2. The predicted octanol–water partition coefficient (Wildman–Crippen LogP) is 3.47. The fourth-order valence-electron chi connectivity index (χ4n) is 3.19. The summed E-state index contributed by atoms with van der Waals surface area (Å²) in [7, 11) is 0. The van der Waals surface area contributed by atoms with E-state index in [4.69, 9.17) is 8.94 Å². The van der Waals surface area contributed by atoms with Gasteiger partial charge in [-0.25, -0.2) is 0 Å². The van der Waals surface area contributed by atoms with Gasteiger partial charge in [-0.2, -0.15) is 4.98 Å². The predicted molar refractivity (Wildman–Crippen MR) is 83.6 cm³/mol. The van der Waals surface area contributed by atoms with Gasteiger partial charge in [-0.05, 0) is 37.5 Å². The lowest BCUT2D eigenvalue weighted by Gasteiger charge is -2.19. The quantitative estimate of drug-likeness (QED) is 0.724. The van der Waals surface area contributed by atoms with E-state index in [1.165, 1.54) is 0 Å². The Kier molecular flexibility index (Phi) is 3.18. The van der Waals surface area contributed by atoms with Crippen LogP contribution in [-0.4, -0.2) is 27.5 Å². The van der Waals surface area contributed by atoms with Crippen molar-refractivity contribution < 1.29 is 13.7 Å². The van der Waals surface area contributed by atoms with Gasteiger partial charge in [0, 0.05) is 18.9 Å². The molecule has 1 fully saturated rings. The van der Waals surface area contributed by atoms with Crippen LogP contribution in [0.5, 0.6) is 0 Å². The molecule has 1 aromatic carbocycles. The number of hydrogen-bond donors (Lipinski definition) is 0. The molecule has 0 saturated carbocycles. The fraction of sp³-hybridized carbons (Fsp3) is 0.353. The molecule has 6 heteroatoms. The third kappa shape index (κ3) is 2.30. The van der Waals surface area contributed by atoms with Crippen LogP contribution in [0.4, 0.5) is 0 Å². The molecule has 23 heavy (non-hydrogen) atoms. The number of furan rings is 1. The third-order valence-corrected chi connectivity index (χ3v) is 4.39. The molecule has 0 spiro atoms. The van der Waals surface area contributed by atoms with Crippen molar-refractivity contribution in [2.45, 2.75) is 32.7 Å². The highest BCUT2D eigenvalue weighted by atomic mass is 16.5. The fourth-order valence-corrected chi connectivity index (χ4v) is 3.19. The van der Waals surface area contributed by atoms with Crippen molar-refractivity contribution in [3.8, 4) is 11.7 Å². The summed E-state index contributed by atoms with van der Waals surface area (Å²) in [5.74, 6) is 1.49. The average Bonchev–Trinajstić information content (AvgIpc) is 3.25. The molecule has 1 atom stereocenters. The Morgan fingerprint density at radius 2 is 2.26 bits per heavy atom. The summed E-state index contributed by atoms with van der Waals surface area (Å²) in [6.07, 6.45) is 1.82. The summed E-state index contributed by atoms with van der Waals surface area (Å²) >= 11 is 0. The minimum absolute atomic E-state index is 0.0400. The van der Waals surface area contributed by atoms with Crippen molar-refractivity contribution in [2.75, 3.05) is 6.54 Å². The van der Waals surface area contributed by atoms with Crippen molar-refractivity contribution >= 4 is 16.9 Å². The first kappa shape index (κ1) is 14.0. The molecule has 1 unspecified atom stereocenters. The first-order valence-corrected chi connectivity index (χ1v) is 7.74. The number of likely N-dealkylation sites (tertiary alicyclic amines) is 1. The molecule has 1 aliphatic heterocycles. The van der Waals surface area contributed by atoms with Crippen LogP contribution in [-0.2, 0) is 4.79 Å². The Labute approximate surface area is 133 Å². The van der Waals surface area contributed by atoms with E-state index in [0.29, 0.717) is 17.5 Å². The zero-order valence-electron chi connectivity index (χ0n) is 13.1. The van der Waals surface area contributed by atoms with Gasteiger partial charge in [0.1, 0.15) is 5.58 Å². The SMILES string of the molecule is CC(=O)N1CCCC1c1noc(-c2cc3c(C)cccc3o2)n1. The Morgan fingerprint density at radius 1 is 1.39 bits per heavy atom. The molecule has 3 aromatic rings. The van der Waals surface area contributed by atoms with Gasteiger partial charge in [-0.15, -0.1) is 0 Å². The number of carbonyl (C=O) groups is 1. The Balaban J connectivity index is 1.69. The molecule has 2 aromatic heterocycles. The van der Waals surface area contributed by atoms with Crippen molar-refractivity contribution in [3.63, 3.8) is 0 Å². The summed E-state index contributed by atoms with van der Waals surface area (Å²) in [4.78, 5) is 17.9. The number of nitrogens with zero attached hydrogens (tertiary/aromatic N) is 3. The van der Waals surface area contributed by atoms with E-state index in [1.807, 2.05) is 31.2 Å². The molecule has 118 valence electrons. The molecule has 1 saturated heterocycles. The lowest BCUT2D eigenvalue weighted by atomic mass is 10.1. The van der Waals surface area contributed by atoms with Crippen molar-refractivity contribution in [3.05, 3.63) is 35.7 Å². The van der Waals surface area contributed by atoms with Gasteiger partial charge in [0.25, 0.3) is 5.89 Å². The highest BCUT2D eigenvalue weighted by Gasteiger charge is 2.32. The lowest BCUT2D eigenvalue weighted by molar-refractivity contribution is -0.129.